The fraction of sp³-hybridized carbons (Fsp3) is 0.250. The maximum absolute atomic E-state index is 6.10. The highest BCUT2D eigenvalue weighted by Gasteiger charge is 2.08. The van der Waals surface area contributed by atoms with Gasteiger partial charge in [0.2, 0.25) is 5.28 Å². The van der Waals surface area contributed by atoms with Crippen LogP contribution in [-0.2, 0) is 6.54 Å². The first-order chi connectivity index (χ1) is 7.66. The number of halogens is 1. The van der Waals surface area contributed by atoms with E-state index in [0.29, 0.717) is 11.8 Å². The van der Waals surface area contributed by atoms with Crippen molar-refractivity contribution in [3.8, 4) is 0 Å². The number of hydrogen-bond acceptors (Lipinski definition) is 2. The minimum absolute atomic E-state index is 0.0627. The standard InChI is InChI=1S/C12H14ClN3/c1-9-2-4-10(5-3-9)11(14)8-16-7-6-15-12(16)13/h2-7,11H,8,14H2,1H3. The molecule has 1 heterocycles. The molecule has 84 valence electrons. The fourth-order valence-electron chi connectivity index (χ4n) is 1.58. The lowest BCUT2D eigenvalue weighted by Crippen LogP contribution is -2.17. The van der Waals surface area contributed by atoms with Crippen LogP contribution in [0.15, 0.2) is 36.7 Å². The second kappa shape index (κ2) is 4.68. The topological polar surface area (TPSA) is 43.8 Å². The van der Waals surface area contributed by atoms with Crippen LogP contribution in [0.1, 0.15) is 17.2 Å². The summed E-state index contributed by atoms with van der Waals surface area (Å²) in [5.41, 5.74) is 8.44. The Bertz CT molecular complexity index is 461. The lowest BCUT2D eigenvalue weighted by atomic mass is 10.1. The van der Waals surface area contributed by atoms with Crippen molar-refractivity contribution in [1.29, 1.82) is 0 Å². The molecule has 2 N–H and O–H groups in total. The lowest BCUT2D eigenvalue weighted by molar-refractivity contribution is 0.577. The highest BCUT2D eigenvalue weighted by molar-refractivity contribution is 6.28. The number of nitrogens with two attached hydrogens (primary N) is 1. The Morgan fingerprint density at radius 2 is 2.06 bits per heavy atom. The predicted molar refractivity (Wildman–Crippen MR) is 65.3 cm³/mol. The molecule has 4 heteroatoms. The average molecular weight is 236 g/mol. The summed E-state index contributed by atoms with van der Waals surface area (Å²) < 4.78 is 1.84. The van der Waals surface area contributed by atoms with E-state index in [4.69, 9.17) is 17.3 Å². The van der Waals surface area contributed by atoms with Gasteiger partial charge in [0.05, 0.1) is 0 Å². The Hall–Kier alpha value is -1.32. The normalized spacial score (nSPS) is 12.7. The van der Waals surface area contributed by atoms with E-state index in [9.17, 15) is 0 Å². The summed E-state index contributed by atoms with van der Waals surface area (Å²) in [7, 11) is 0. The molecular formula is C12H14ClN3. The highest BCUT2D eigenvalue weighted by Crippen LogP contribution is 2.15. The maximum atomic E-state index is 6.10. The first-order valence-electron chi connectivity index (χ1n) is 5.15. The predicted octanol–water partition coefficient (Wildman–Crippen LogP) is 2.54. The van der Waals surface area contributed by atoms with Crippen LogP contribution in [0.2, 0.25) is 5.28 Å². The number of aromatic nitrogens is 2. The van der Waals surface area contributed by atoms with Gasteiger partial charge in [-0.15, -0.1) is 0 Å². The molecule has 0 spiro atoms. The minimum atomic E-state index is -0.0627. The number of rotatable bonds is 3. The first-order valence-corrected chi connectivity index (χ1v) is 5.53. The van der Waals surface area contributed by atoms with Crippen molar-refractivity contribution in [2.75, 3.05) is 0 Å². The summed E-state index contributed by atoms with van der Waals surface area (Å²) >= 11 is 5.89. The van der Waals surface area contributed by atoms with Crippen molar-refractivity contribution >= 4 is 11.6 Å². The molecule has 0 radical (unpaired) electrons. The van der Waals surface area contributed by atoms with Crippen LogP contribution in [0.4, 0.5) is 0 Å². The zero-order chi connectivity index (χ0) is 11.5. The molecule has 2 rings (SSSR count). The van der Waals surface area contributed by atoms with E-state index in [1.54, 1.807) is 6.20 Å². The van der Waals surface area contributed by atoms with Gasteiger partial charge in [0.15, 0.2) is 0 Å². The van der Waals surface area contributed by atoms with E-state index in [-0.39, 0.29) is 6.04 Å². The number of nitrogens with zero attached hydrogens (tertiary/aromatic N) is 2. The Labute approximate surface area is 99.9 Å². The second-order valence-corrected chi connectivity index (χ2v) is 4.20. The van der Waals surface area contributed by atoms with Gasteiger partial charge in [-0.3, -0.25) is 0 Å². The Morgan fingerprint density at radius 1 is 1.38 bits per heavy atom. The summed E-state index contributed by atoms with van der Waals surface area (Å²) in [5, 5.41) is 0.475. The van der Waals surface area contributed by atoms with Crippen molar-refractivity contribution < 1.29 is 0 Å². The number of hydrogen-bond donors (Lipinski definition) is 1. The molecule has 2 aromatic rings. The van der Waals surface area contributed by atoms with Crippen LogP contribution in [0.5, 0.6) is 0 Å². The maximum Gasteiger partial charge on any atom is 0.202 e. The molecule has 0 aliphatic rings. The molecule has 0 bridgehead atoms. The van der Waals surface area contributed by atoms with Gasteiger partial charge in [0.1, 0.15) is 0 Å². The van der Waals surface area contributed by atoms with E-state index in [1.807, 2.05) is 22.9 Å². The largest absolute Gasteiger partial charge is 0.322 e. The third-order valence-corrected chi connectivity index (χ3v) is 2.88. The zero-order valence-electron chi connectivity index (χ0n) is 9.10. The van der Waals surface area contributed by atoms with Crippen LogP contribution in [0.25, 0.3) is 0 Å². The molecule has 1 atom stereocenters. The smallest absolute Gasteiger partial charge is 0.202 e. The monoisotopic (exact) mass is 235 g/mol. The van der Waals surface area contributed by atoms with Gasteiger partial charge in [-0.25, -0.2) is 4.98 Å². The third-order valence-electron chi connectivity index (χ3n) is 2.56. The van der Waals surface area contributed by atoms with Crippen LogP contribution in [-0.4, -0.2) is 9.55 Å². The Kier molecular flexibility index (Phi) is 3.27. The van der Waals surface area contributed by atoms with Crippen LogP contribution in [0.3, 0.4) is 0 Å². The van der Waals surface area contributed by atoms with Crippen molar-refractivity contribution in [3.63, 3.8) is 0 Å². The fourth-order valence-corrected chi connectivity index (χ4v) is 1.76. The summed E-state index contributed by atoms with van der Waals surface area (Å²) in [6.45, 7) is 2.70. The zero-order valence-corrected chi connectivity index (χ0v) is 9.85. The minimum Gasteiger partial charge on any atom is -0.322 e. The van der Waals surface area contributed by atoms with Gasteiger partial charge in [-0.2, -0.15) is 0 Å². The van der Waals surface area contributed by atoms with Crippen LogP contribution in [0, 0.1) is 6.92 Å². The lowest BCUT2D eigenvalue weighted by Gasteiger charge is -2.13. The molecule has 0 saturated carbocycles. The van der Waals surface area contributed by atoms with Gasteiger partial charge in [-0.1, -0.05) is 29.8 Å². The average Bonchev–Trinajstić information content (AvgIpc) is 2.65. The molecule has 1 aromatic carbocycles. The van der Waals surface area contributed by atoms with Gasteiger partial charge < -0.3 is 10.3 Å². The van der Waals surface area contributed by atoms with E-state index >= 15 is 0 Å². The molecule has 0 amide bonds. The molecular weight excluding hydrogens is 222 g/mol. The second-order valence-electron chi connectivity index (χ2n) is 3.87. The van der Waals surface area contributed by atoms with Gasteiger partial charge in [0.25, 0.3) is 0 Å². The van der Waals surface area contributed by atoms with Gasteiger partial charge in [0, 0.05) is 25.0 Å². The molecule has 0 aliphatic carbocycles. The number of imidazole rings is 1. The van der Waals surface area contributed by atoms with E-state index in [1.165, 1.54) is 5.56 Å². The molecule has 0 fully saturated rings. The summed E-state index contributed by atoms with van der Waals surface area (Å²) in [6.07, 6.45) is 3.50. The first kappa shape index (κ1) is 11.2. The molecule has 0 saturated heterocycles. The quantitative estimate of drug-likeness (QED) is 0.889. The third kappa shape index (κ3) is 2.43. The Balaban J connectivity index is 2.11. The van der Waals surface area contributed by atoms with E-state index in [0.717, 1.165) is 5.56 Å². The Morgan fingerprint density at radius 3 is 2.62 bits per heavy atom. The summed E-state index contributed by atoms with van der Waals surface area (Å²) in [5.74, 6) is 0. The van der Waals surface area contributed by atoms with E-state index < -0.39 is 0 Å². The van der Waals surface area contributed by atoms with Crippen molar-refractivity contribution in [2.24, 2.45) is 5.73 Å². The van der Waals surface area contributed by atoms with Gasteiger partial charge in [-0.05, 0) is 24.1 Å². The van der Waals surface area contributed by atoms with Gasteiger partial charge >= 0.3 is 0 Å². The van der Waals surface area contributed by atoms with Crippen molar-refractivity contribution in [1.82, 2.24) is 9.55 Å². The van der Waals surface area contributed by atoms with E-state index in [2.05, 4.69) is 24.0 Å². The van der Waals surface area contributed by atoms with Crippen LogP contribution >= 0.6 is 11.6 Å². The number of benzene rings is 1. The summed E-state index contributed by atoms with van der Waals surface area (Å²) in [4.78, 5) is 3.95. The molecule has 0 aliphatic heterocycles. The van der Waals surface area contributed by atoms with Crippen molar-refractivity contribution in [3.05, 3.63) is 53.1 Å². The van der Waals surface area contributed by atoms with Crippen LogP contribution < -0.4 is 5.73 Å². The SMILES string of the molecule is Cc1ccc(C(N)Cn2ccnc2Cl)cc1. The molecule has 3 nitrogen and oxygen atoms in total. The van der Waals surface area contributed by atoms with Crippen molar-refractivity contribution in [2.45, 2.75) is 19.5 Å². The number of aryl methyl sites for hydroxylation is 1. The highest BCUT2D eigenvalue weighted by atomic mass is 35.5. The summed E-state index contributed by atoms with van der Waals surface area (Å²) in [6, 6.07) is 8.15. The molecule has 1 aromatic heterocycles. The molecule has 1 unspecified atom stereocenters. The molecule has 16 heavy (non-hydrogen) atoms.